The Morgan fingerprint density at radius 3 is 2.64 bits per heavy atom. The molecule has 4 atom stereocenters. The highest BCUT2D eigenvalue weighted by Gasteiger charge is 2.50. The minimum absolute atomic E-state index is 0.00872. The van der Waals surface area contributed by atoms with Gasteiger partial charge in [0.1, 0.15) is 41.2 Å². The predicted octanol–water partition coefficient (Wildman–Crippen LogP) is 6.68. The second-order valence-electron chi connectivity index (χ2n) is 15.2. The third-order valence-electron chi connectivity index (χ3n) is 10.5. The summed E-state index contributed by atoms with van der Waals surface area (Å²) in [6.07, 6.45) is 8.46. The van der Waals surface area contributed by atoms with Gasteiger partial charge in [0.25, 0.3) is 5.19 Å². The number of benzene rings is 2. The van der Waals surface area contributed by atoms with Gasteiger partial charge in [-0.3, -0.25) is 9.80 Å². The SMILES string of the molecule is C#Cc1c(F)ccc2cc(OCOC)cc(Oc3nc4c(N5CC6CCC(C5)N6C(=O)OC(C)(C)C)nc(OC[C@@]56CCCN5C[C@@H](F)C6)nc4s3)c12. The van der Waals surface area contributed by atoms with E-state index in [9.17, 15) is 13.6 Å². The number of carbonyl (C=O) groups is 1. The average molecular weight is 749 g/mol. The van der Waals surface area contributed by atoms with E-state index in [0.717, 1.165) is 32.2 Å². The third kappa shape index (κ3) is 6.77. The standard InChI is InChI=1S/C38H42F2N6O6S/c1-6-27-28(40)11-8-22-14-26(50-21-48-5)15-29(30(22)27)51-35-41-31-32(44-18-24-9-10-25(19-44)46(24)36(47)52-37(2,3)4)42-34(43-33(31)53-35)49-20-38-12-7-13-45(38)17-23(39)16-38/h1,8,11,14-15,23-25H,7,9-10,12-13,16-21H2,2-5H3/t23-,24?,25?,38-/m0/s1. The van der Waals surface area contributed by atoms with E-state index in [1.54, 1.807) is 18.2 Å². The molecule has 0 spiro atoms. The number of thiazole rings is 1. The lowest BCUT2D eigenvalue weighted by atomic mass is 9.95. The Morgan fingerprint density at radius 1 is 1.11 bits per heavy atom. The lowest BCUT2D eigenvalue weighted by molar-refractivity contribution is 0.0122. The molecule has 0 N–H and O–H groups in total. The van der Waals surface area contributed by atoms with Crippen LogP contribution in [0.2, 0.25) is 0 Å². The number of rotatable bonds is 9. The molecule has 0 radical (unpaired) electrons. The van der Waals surface area contributed by atoms with Gasteiger partial charge in [0.15, 0.2) is 17.4 Å². The van der Waals surface area contributed by atoms with Crippen LogP contribution in [0, 0.1) is 18.2 Å². The van der Waals surface area contributed by atoms with Crippen LogP contribution in [-0.2, 0) is 9.47 Å². The second kappa shape index (κ2) is 13.7. The first-order valence-corrected chi connectivity index (χ1v) is 18.7. The highest BCUT2D eigenvalue weighted by Crippen LogP contribution is 2.44. The van der Waals surface area contributed by atoms with Gasteiger partial charge in [-0.05, 0) is 70.5 Å². The quantitative estimate of drug-likeness (QED) is 0.135. The van der Waals surface area contributed by atoms with E-state index >= 15 is 0 Å². The molecule has 12 nitrogen and oxygen atoms in total. The number of hydrogen-bond donors (Lipinski definition) is 0. The van der Waals surface area contributed by atoms with Gasteiger partial charge in [0.2, 0.25) is 0 Å². The van der Waals surface area contributed by atoms with Gasteiger partial charge < -0.3 is 28.6 Å². The number of amides is 1. The van der Waals surface area contributed by atoms with E-state index in [4.69, 9.17) is 45.1 Å². The maximum atomic E-state index is 15.0. The van der Waals surface area contributed by atoms with E-state index in [2.05, 4.69) is 15.7 Å². The summed E-state index contributed by atoms with van der Waals surface area (Å²) in [6, 6.07) is 6.25. The molecular weight excluding hydrogens is 707 g/mol. The average Bonchev–Trinajstić information content (AvgIpc) is 3.84. The van der Waals surface area contributed by atoms with Crippen molar-refractivity contribution in [2.45, 2.75) is 82.3 Å². The summed E-state index contributed by atoms with van der Waals surface area (Å²) in [7, 11) is 1.51. The molecule has 6 heterocycles. The molecule has 0 aliphatic carbocycles. The molecule has 2 aromatic carbocycles. The summed E-state index contributed by atoms with van der Waals surface area (Å²) in [4.78, 5) is 34.5. The first-order valence-electron chi connectivity index (χ1n) is 17.9. The number of terminal acetylenes is 1. The number of anilines is 1. The number of hydrogen-bond acceptors (Lipinski definition) is 12. The van der Waals surface area contributed by atoms with Crippen LogP contribution in [0.3, 0.4) is 0 Å². The smallest absolute Gasteiger partial charge is 0.410 e. The van der Waals surface area contributed by atoms with Crippen LogP contribution >= 0.6 is 11.3 Å². The molecule has 2 unspecified atom stereocenters. The summed E-state index contributed by atoms with van der Waals surface area (Å²) in [6.45, 7) is 8.11. The molecule has 4 saturated heterocycles. The van der Waals surface area contributed by atoms with Crippen LogP contribution in [0.5, 0.6) is 22.7 Å². The Kier molecular flexibility index (Phi) is 9.19. The predicted molar refractivity (Wildman–Crippen MR) is 195 cm³/mol. The van der Waals surface area contributed by atoms with Gasteiger partial charge in [-0.1, -0.05) is 23.3 Å². The van der Waals surface area contributed by atoms with Crippen molar-refractivity contribution in [2.75, 3.05) is 51.6 Å². The first-order chi connectivity index (χ1) is 25.4. The van der Waals surface area contributed by atoms with Gasteiger partial charge in [-0.15, -0.1) is 6.42 Å². The Labute approximate surface area is 310 Å². The number of piperazine rings is 1. The summed E-state index contributed by atoms with van der Waals surface area (Å²) < 4.78 is 58.9. The van der Waals surface area contributed by atoms with E-state index in [0.29, 0.717) is 58.7 Å². The molecule has 4 aliphatic heterocycles. The van der Waals surface area contributed by atoms with Gasteiger partial charge >= 0.3 is 12.1 Å². The van der Waals surface area contributed by atoms with Crippen molar-refractivity contribution in [3.05, 3.63) is 35.6 Å². The maximum Gasteiger partial charge on any atom is 0.410 e. The van der Waals surface area contributed by atoms with Gasteiger partial charge in [-0.25, -0.2) is 13.6 Å². The first kappa shape index (κ1) is 35.5. The van der Waals surface area contributed by atoms with Crippen LogP contribution in [0.15, 0.2) is 24.3 Å². The van der Waals surface area contributed by atoms with Crippen molar-refractivity contribution in [3.8, 4) is 35.0 Å². The molecule has 280 valence electrons. The Bertz CT molecular complexity index is 2090. The van der Waals surface area contributed by atoms with E-state index in [1.807, 2.05) is 25.7 Å². The highest BCUT2D eigenvalue weighted by atomic mass is 32.1. The number of methoxy groups -OCH3 is 1. The summed E-state index contributed by atoms with van der Waals surface area (Å²) >= 11 is 1.18. The third-order valence-corrected chi connectivity index (χ3v) is 11.3. The Balaban J connectivity index is 1.16. The molecule has 1 amide bonds. The van der Waals surface area contributed by atoms with Gasteiger partial charge in [-0.2, -0.15) is 15.0 Å². The van der Waals surface area contributed by atoms with Crippen LogP contribution in [0.1, 0.15) is 58.4 Å². The van der Waals surface area contributed by atoms with E-state index in [1.165, 1.54) is 24.5 Å². The highest BCUT2D eigenvalue weighted by molar-refractivity contribution is 7.19. The molecule has 4 aromatic rings. The van der Waals surface area contributed by atoms with Crippen LogP contribution in [0.4, 0.5) is 19.4 Å². The van der Waals surface area contributed by atoms with Crippen LogP contribution in [-0.4, -0.2) is 107 Å². The van der Waals surface area contributed by atoms with Crippen molar-refractivity contribution >= 4 is 44.4 Å². The number of ether oxygens (including phenoxy) is 5. The van der Waals surface area contributed by atoms with Crippen LogP contribution in [0.25, 0.3) is 21.1 Å². The van der Waals surface area contributed by atoms with Gasteiger partial charge in [0, 0.05) is 44.6 Å². The number of fused-ring (bicyclic) bond motifs is 5. The summed E-state index contributed by atoms with van der Waals surface area (Å²) in [5, 5.41) is 1.23. The molecule has 4 aliphatic rings. The number of alkyl halides is 1. The summed E-state index contributed by atoms with van der Waals surface area (Å²) in [5.41, 5.74) is -0.459. The van der Waals surface area contributed by atoms with Crippen molar-refractivity contribution in [2.24, 2.45) is 0 Å². The minimum Gasteiger partial charge on any atom is -0.467 e. The lowest BCUT2D eigenvalue weighted by Gasteiger charge is -2.41. The zero-order valence-corrected chi connectivity index (χ0v) is 31.0. The lowest BCUT2D eigenvalue weighted by Crippen LogP contribution is -2.57. The Hall–Kier alpha value is -4.52. The fourth-order valence-electron chi connectivity index (χ4n) is 8.34. The fourth-order valence-corrected chi connectivity index (χ4v) is 9.13. The van der Waals surface area contributed by atoms with Crippen LogP contribution < -0.4 is 19.1 Å². The molecule has 2 aromatic heterocycles. The maximum absolute atomic E-state index is 15.0. The number of aromatic nitrogens is 3. The number of nitrogens with zero attached hydrogens (tertiary/aromatic N) is 6. The van der Waals surface area contributed by atoms with Crippen molar-refractivity contribution < 1.29 is 37.3 Å². The molecule has 15 heteroatoms. The van der Waals surface area contributed by atoms with Gasteiger partial charge in [0.05, 0.1) is 23.2 Å². The molecule has 8 rings (SSSR count). The summed E-state index contributed by atoms with van der Waals surface area (Å²) in [5.74, 6) is 3.13. The number of halogens is 2. The van der Waals surface area contributed by atoms with Crippen molar-refractivity contribution in [1.29, 1.82) is 0 Å². The Morgan fingerprint density at radius 2 is 1.91 bits per heavy atom. The molecule has 53 heavy (non-hydrogen) atoms. The fraction of sp³-hybridized carbons (Fsp3) is 0.526. The van der Waals surface area contributed by atoms with E-state index in [-0.39, 0.29) is 59.6 Å². The second-order valence-corrected chi connectivity index (χ2v) is 16.2. The van der Waals surface area contributed by atoms with Crippen molar-refractivity contribution in [3.63, 3.8) is 0 Å². The zero-order valence-electron chi connectivity index (χ0n) is 30.2. The molecule has 2 bridgehead atoms. The van der Waals surface area contributed by atoms with Crippen molar-refractivity contribution in [1.82, 2.24) is 24.8 Å². The minimum atomic E-state index is -0.895. The normalized spacial score (nSPS) is 24.1. The molecule has 4 fully saturated rings. The van der Waals surface area contributed by atoms with E-state index < -0.39 is 17.6 Å². The molecule has 0 saturated carbocycles. The topological polar surface area (TPSA) is 112 Å². The molecular formula is C38H42F2N6O6S. The number of carbonyl (C=O) groups excluding carboxylic acids is 1. The monoisotopic (exact) mass is 748 g/mol. The zero-order chi connectivity index (χ0) is 37.1. The largest absolute Gasteiger partial charge is 0.467 e.